The van der Waals surface area contributed by atoms with E-state index in [9.17, 15) is 4.79 Å². The van der Waals surface area contributed by atoms with Crippen LogP contribution in [-0.4, -0.2) is 22.5 Å². The van der Waals surface area contributed by atoms with Crippen molar-refractivity contribution in [3.63, 3.8) is 0 Å². The van der Waals surface area contributed by atoms with Crippen molar-refractivity contribution in [2.45, 2.75) is 20.4 Å². The van der Waals surface area contributed by atoms with Gasteiger partial charge in [0.25, 0.3) is 5.91 Å². The zero-order chi connectivity index (χ0) is 19.1. The molecule has 0 aliphatic heterocycles. The Balaban J connectivity index is 1.57. The normalized spacial score (nSPS) is 10.3. The SMILES string of the molecule is CCOc1ccc(NC(=O)c2cnc(NCc3ccccc3C)nc2)cc1. The van der Waals surface area contributed by atoms with Crippen LogP contribution in [0, 0.1) is 6.92 Å². The zero-order valence-electron chi connectivity index (χ0n) is 15.4. The van der Waals surface area contributed by atoms with E-state index in [1.807, 2.05) is 31.2 Å². The summed E-state index contributed by atoms with van der Waals surface area (Å²) in [6.45, 7) is 5.22. The summed E-state index contributed by atoms with van der Waals surface area (Å²) in [7, 11) is 0. The molecule has 0 aliphatic carbocycles. The minimum absolute atomic E-state index is 0.260. The smallest absolute Gasteiger partial charge is 0.258 e. The minimum atomic E-state index is -0.260. The van der Waals surface area contributed by atoms with E-state index < -0.39 is 0 Å². The maximum absolute atomic E-state index is 12.3. The quantitative estimate of drug-likeness (QED) is 0.663. The van der Waals surface area contributed by atoms with Gasteiger partial charge < -0.3 is 15.4 Å². The van der Waals surface area contributed by atoms with E-state index in [2.05, 4.69) is 39.7 Å². The van der Waals surface area contributed by atoms with Crippen LogP contribution in [0.2, 0.25) is 0 Å². The second-order valence-corrected chi connectivity index (χ2v) is 5.99. The van der Waals surface area contributed by atoms with Gasteiger partial charge in [-0.1, -0.05) is 24.3 Å². The number of ether oxygens (including phenoxy) is 1. The molecule has 1 heterocycles. The number of nitrogens with one attached hydrogen (secondary N) is 2. The predicted molar refractivity (Wildman–Crippen MR) is 106 cm³/mol. The van der Waals surface area contributed by atoms with Crippen LogP contribution in [-0.2, 0) is 6.54 Å². The number of aromatic nitrogens is 2. The van der Waals surface area contributed by atoms with Crippen molar-refractivity contribution in [2.24, 2.45) is 0 Å². The molecule has 0 aliphatic rings. The summed E-state index contributed by atoms with van der Waals surface area (Å²) in [4.78, 5) is 20.8. The number of carbonyl (C=O) groups is 1. The summed E-state index contributed by atoms with van der Waals surface area (Å²) < 4.78 is 5.39. The average Bonchev–Trinajstić information content (AvgIpc) is 2.69. The summed E-state index contributed by atoms with van der Waals surface area (Å²) in [6.07, 6.45) is 3.02. The van der Waals surface area contributed by atoms with Crippen LogP contribution in [0.3, 0.4) is 0 Å². The average molecular weight is 362 g/mol. The van der Waals surface area contributed by atoms with Crippen LogP contribution in [0.1, 0.15) is 28.4 Å². The van der Waals surface area contributed by atoms with Crippen LogP contribution in [0.15, 0.2) is 60.9 Å². The van der Waals surface area contributed by atoms with Crippen LogP contribution < -0.4 is 15.4 Å². The van der Waals surface area contributed by atoms with Gasteiger partial charge in [-0.2, -0.15) is 0 Å². The number of aryl methyl sites for hydroxylation is 1. The molecule has 3 rings (SSSR count). The van der Waals surface area contributed by atoms with Crippen molar-refractivity contribution in [1.29, 1.82) is 0 Å². The molecule has 1 aromatic heterocycles. The Labute approximate surface area is 158 Å². The highest BCUT2D eigenvalue weighted by Crippen LogP contribution is 2.16. The molecule has 0 saturated carbocycles. The Hall–Kier alpha value is -3.41. The Bertz CT molecular complexity index is 893. The highest BCUT2D eigenvalue weighted by atomic mass is 16.5. The number of nitrogens with zero attached hydrogens (tertiary/aromatic N) is 2. The van der Waals surface area contributed by atoms with E-state index >= 15 is 0 Å². The predicted octanol–water partition coefficient (Wildman–Crippen LogP) is 4.05. The first-order valence-corrected chi connectivity index (χ1v) is 8.80. The van der Waals surface area contributed by atoms with Gasteiger partial charge in [0.05, 0.1) is 12.2 Å². The number of hydrogen-bond acceptors (Lipinski definition) is 5. The van der Waals surface area contributed by atoms with E-state index in [0.29, 0.717) is 30.4 Å². The van der Waals surface area contributed by atoms with Gasteiger partial charge >= 0.3 is 0 Å². The van der Waals surface area contributed by atoms with E-state index in [4.69, 9.17) is 4.74 Å². The molecule has 138 valence electrons. The molecule has 2 N–H and O–H groups in total. The first kappa shape index (κ1) is 18.4. The maximum atomic E-state index is 12.3. The third-order valence-corrected chi connectivity index (χ3v) is 4.04. The monoisotopic (exact) mass is 362 g/mol. The number of carbonyl (C=O) groups excluding carboxylic acids is 1. The van der Waals surface area contributed by atoms with Crippen LogP contribution in [0.25, 0.3) is 0 Å². The van der Waals surface area contributed by atoms with Gasteiger partial charge in [-0.15, -0.1) is 0 Å². The molecular weight excluding hydrogens is 340 g/mol. The van der Waals surface area contributed by atoms with Crippen LogP contribution in [0.4, 0.5) is 11.6 Å². The molecular formula is C21H22N4O2. The lowest BCUT2D eigenvalue weighted by atomic mass is 10.1. The van der Waals surface area contributed by atoms with E-state index in [0.717, 1.165) is 5.75 Å². The molecule has 0 bridgehead atoms. The first-order chi connectivity index (χ1) is 13.2. The maximum Gasteiger partial charge on any atom is 0.258 e. The summed E-state index contributed by atoms with van der Waals surface area (Å²) in [5, 5.41) is 5.99. The molecule has 0 fully saturated rings. The molecule has 2 aromatic carbocycles. The second-order valence-electron chi connectivity index (χ2n) is 5.99. The molecule has 0 spiro atoms. The lowest BCUT2D eigenvalue weighted by Gasteiger charge is -2.09. The Kier molecular flexibility index (Phi) is 5.99. The zero-order valence-corrected chi connectivity index (χ0v) is 15.4. The number of hydrogen-bond donors (Lipinski definition) is 2. The lowest BCUT2D eigenvalue weighted by Crippen LogP contribution is -2.13. The lowest BCUT2D eigenvalue weighted by molar-refractivity contribution is 0.102. The first-order valence-electron chi connectivity index (χ1n) is 8.80. The van der Waals surface area contributed by atoms with E-state index in [1.54, 1.807) is 12.1 Å². The van der Waals surface area contributed by atoms with Crippen molar-refractivity contribution in [3.8, 4) is 5.75 Å². The van der Waals surface area contributed by atoms with Gasteiger partial charge in [0.1, 0.15) is 5.75 Å². The fourth-order valence-corrected chi connectivity index (χ4v) is 2.52. The minimum Gasteiger partial charge on any atom is -0.494 e. The van der Waals surface area contributed by atoms with Crippen molar-refractivity contribution >= 4 is 17.5 Å². The molecule has 1 amide bonds. The van der Waals surface area contributed by atoms with Gasteiger partial charge in [-0.3, -0.25) is 4.79 Å². The van der Waals surface area contributed by atoms with Crippen LogP contribution in [0.5, 0.6) is 5.75 Å². The fraction of sp³-hybridized carbons (Fsp3) is 0.190. The van der Waals surface area contributed by atoms with Gasteiger partial charge in [0.2, 0.25) is 5.95 Å². The van der Waals surface area contributed by atoms with Crippen LogP contribution >= 0.6 is 0 Å². The van der Waals surface area contributed by atoms with Gasteiger partial charge in [-0.05, 0) is 49.2 Å². The van der Waals surface area contributed by atoms with Crippen molar-refractivity contribution in [1.82, 2.24) is 9.97 Å². The topological polar surface area (TPSA) is 76.1 Å². The highest BCUT2D eigenvalue weighted by Gasteiger charge is 2.08. The third kappa shape index (κ3) is 5.04. The molecule has 0 unspecified atom stereocenters. The molecule has 6 heteroatoms. The number of benzene rings is 2. The summed E-state index contributed by atoms with van der Waals surface area (Å²) in [6, 6.07) is 15.3. The standard InChI is InChI=1S/C21H22N4O2/c1-3-27-19-10-8-18(9-11-19)25-20(26)17-13-23-21(24-14-17)22-12-16-7-5-4-6-15(16)2/h4-11,13-14H,3,12H2,1-2H3,(H,25,26)(H,22,23,24). The molecule has 3 aromatic rings. The number of anilines is 2. The Morgan fingerprint density at radius 1 is 1.04 bits per heavy atom. The number of amides is 1. The molecule has 6 nitrogen and oxygen atoms in total. The van der Waals surface area contributed by atoms with Gasteiger partial charge in [0, 0.05) is 24.6 Å². The largest absolute Gasteiger partial charge is 0.494 e. The van der Waals surface area contributed by atoms with Crippen molar-refractivity contribution < 1.29 is 9.53 Å². The summed E-state index contributed by atoms with van der Waals surface area (Å²) in [5.41, 5.74) is 3.46. The number of rotatable bonds is 7. The van der Waals surface area contributed by atoms with E-state index in [-0.39, 0.29) is 5.91 Å². The second kappa shape index (κ2) is 8.80. The fourth-order valence-electron chi connectivity index (χ4n) is 2.52. The van der Waals surface area contributed by atoms with E-state index in [1.165, 1.54) is 23.5 Å². The van der Waals surface area contributed by atoms with Crippen molar-refractivity contribution in [2.75, 3.05) is 17.2 Å². The molecule has 0 atom stereocenters. The molecule has 0 radical (unpaired) electrons. The molecule has 27 heavy (non-hydrogen) atoms. The van der Waals surface area contributed by atoms with Gasteiger partial charge in [-0.25, -0.2) is 9.97 Å². The molecule has 0 saturated heterocycles. The Morgan fingerprint density at radius 3 is 2.41 bits per heavy atom. The highest BCUT2D eigenvalue weighted by molar-refractivity contribution is 6.03. The van der Waals surface area contributed by atoms with Gasteiger partial charge in [0.15, 0.2) is 0 Å². The van der Waals surface area contributed by atoms with Crippen molar-refractivity contribution in [3.05, 3.63) is 77.6 Å². The Morgan fingerprint density at radius 2 is 1.74 bits per heavy atom. The summed E-state index contributed by atoms with van der Waals surface area (Å²) >= 11 is 0. The summed E-state index contributed by atoms with van der Waals surface area (Å²) in [5.74, 6) is 0.989. The third-order valence-electron chi connectivity index (χ3n) is 4.04.